The van der Waals surface area contributed by atoms with Crippen molar-refractivity contribution in [1.29, 1.82) is 0 Å². The van der Waals surface area contributed by atoms with Crippen molar-refractivity contribution in [2.45, 2.75) is 32.3 Å². The first-order valence-electron chi connectivity index (χ1n) is 4.38. The molecule has 4 nitrogen and oxygen atoms in total. The van der Waals surface area contributed by atoms with E-state index in [1.54, 1.807) is 6.92 Å². The van der Waals surface area contributed by atoms with Gasteiger partial charge in [-0.3, -0.25) is 0 Å². The molecular weight excluding hydrogens is 170 g/mol. The largest absolute Gasteiger partial charge is 0.458 e. The molecule has 0 radical (unpaired) electrons. The molecule has 1 saturated carbocycles. The van der Waals surface area contributed by atoms with Crippen LogP contribution in [-0.4, -0.2) is 17.1 Å². The molecule has 0 amide bonds. The summed E-state index contributed by atoms with van der Waals surface area (Å²) in [7, 11) is 0. The summed E-state index contributed by atoms with van der Waals surface area (Å²) in [6.07, 6.45) is 4.46. The van der Waals surface area contributed by atoms with Gasteiger partial charge in [0.05, 0.1) is 0 Å². The van der Waals surface area contributed by atoms with Crippen LogP contribution in [0.5, 0.6) is 0 Å². The number of nitrogens with zero attached hydrogens (tertiary/aromatic N) is 1. The Morgan fingerprint density at radius 2 is 2.46 bits per heavy atom. The minimum atomic E-state index is -0.365. The first-order chi connectivity index (χ1) is 6.27. The molecule has 1 aliphatic carbocycles. The molecule has 0 N–H and O–H groups in total. The Morgan fingerprint density at radius 1 is 1.69 bits per heavy atom. The third-order valence-corrected chi connectivity index (χ3v) is 2.26. The smallest absolute Gasteiger partial charge is 0.360 e. The van der Waals surface area contributed by atoms with Gasteiger partial charge in [0.2, 0.25) is 0 Å². The van der Waals surface area contributed by atoms with Crippen LogP contribution in [0.25, 0.3) is 0 Å². The molecule has 0 atom stereocenters. The van der Waals surface area contributed by atoms with Crippen molar-refractivity contribution < 1.29 is 13.9 Å². The Balaban J connectivity index is 2.00. The zero-order chi connectivity index (χ0) is 9.26. The van der Waals surface area contributed by atoms with Crippen LogP contribution in [0.15, 0.2) is 10.8 Å². The summed E-state index contributed by atoms with van der Waals surface area (Å²) in [5.74, 6) is 0.153. The summed E-state index contributed by atoms with van der Waals surface area (Å²) in [5, 5.41) is 0. The van der Waals surface area contributed by atoms with E-state index in [0.29, 0.717) is 11.5 Å². The number of aryl methyl sites for hydroxylation is 1. The lowest BCUT2D eigenvalue weighted by Crippen LogP contribution is -2.25. The van der Waals surface area contributed by atoms with Crippen LogP contribution in [0.1, 0.15) is 35.5 Å². The van der Waals surface area contributed by atoms with Gasteiger partial charge in [-0.2, -0.15) is 0 Å². The molecule has 0 bridgehead atoms. The SMILES string of the molecule is Cc1ocnc1C(=O)OC1CCC1. The Hall–Kier alpha value is -1.32. The predicted molar refractivity (Wildman–Crippen MR) is 44.3 cm³/mol. The van der Waals surface area contributed by atoms with Gasteiger partial charge < -0.3 is 9.15 Å². The fourth-order valence-electron chi connectivity index (χ4n) is 1.20. The van der Waals surface area contributed by atoms with Crippen molar-refractivity contribution in [2.24, 2.45) is 0 Å². The van der Waals surface area contributed by atoms with Crippen LogP contribution >= 0.6 is 0 Å². The van der Waals surface area contributed by atoms with Crippen LogP contribution in [0.4, 0.5) is 0 Å². The zero-order valence-corrected chi connectivity index (χ0v) is 7.45. The second kappa shape index (κ2) is 3.20. The predicted octanol–water partition coefficient (Wildman–Crippen LogP) is 1.69. The highest BCUT2D eigenvalue weighted by molar-refractivity contribution is 5.88. The molecule has 4 heteroatoms. The molecular formula is C9H11NO3. The summed E-state index contributed by atoms with van der Waals surface area (Å²) in [6.45, 7) is 1.70. The highest BCUT2D eigenvalue weighted by atomic mass is 16.5. The van der Waals surface area contributed by atoms with E-state index >= 15 is 0 Å². The van der Waals surface area contributed by atoms with E-state index in [4.69, 9.17) is 9.15 Å². The van der Waals surface area contributed by atoms with Crippen molar-refractivity contribution in [2.75, 3.05) is 0 Å². The summed E-state index contributed by atoms with van der Waals surface area (Å²) < 4.78 is 10.1. The molecule has 0 aliphatic heterocycles. The Kier molecular flexibility index (Phi) is 2.04. The molecule has 0 aromatic carbocycles. The number of ether oxygens (including phenoxy) is 1. The number of oxazole rings is 1. The standard InChI is InChI=1S/C9H11NO3/c1-6-8(10-5-12-6)9(11)13-7-3-2-4-7/h5,7H,2-4H2,1H3. The number of hydrogen-bond donors (Lipinski definition) is 0. The van der Waals surface area contributed by atoms with E-state index in [0.717, 1.165) is 19.3 Å². The molecule has 70 valence electrons. The normalized spacial score (nSPS) is 16.7. The van der Waals surface area contributed by atoms with E-state index in [2.05, 4.69) is 4.98 Å². The summed E-state index contributed by atoms with van der Waals surface area (Å²) in [6, 6.07) is 0. The van der Waals surface area contributed by atoms with E-state index in [1.807, 2.05) is 0 Å². The topological polar surface area (TPSA) is 52.3 Å². The maximum Gasteiger partial charge on any atom is 0.360 e. The lowest BCUT2D eigenvalue weighted by molar-refractivity contribution is 0.00827. The molecule has 0 spiro atoms. The van der Waals surface area contributed by atoms with Gasteiger partial charge in [0.15, 0.2) is 12.1 Å². The number of carbonyl (C=O) groups is 1. The highest BCUT2D eigenvalue weighted by Crippen LogP contribution is 2.23. The Morgan fingerprint density at radius 3 is 2.92 bits per heavy atom. The minimum absolute atomic E-state index is 0.101. The van der Waals surface area contributed by atoms with Crippen molar-refractivity contribution >= 4 is 5.97 Å². The number of esters is 1. The van der Waals surface area contributed by atoms with Crippen molar-refractivity contribution in [3.05, 3.63) is 17.8 Å². The van der Waals surface area contributed by atoms with Crippen LogP contribution in [-0.2, 0) is 4.74 Å². The molecule has 2 rings (SSSR count). The number of hydrogen-bond acceptors (Lipinski definition) is 4. The first-order valence-corrected chi connectivity index (χ1v) is 4.38. The third kappa shape index (κ3) is 1.56. The van der Waals surface area contributed by atoms with Gasteiger partial charge >= 0.3 is 5.97 Å². The van der Waals surface area contributed by atoms with Crippen LogP contribution in [0.3, 0.4) is 0 Å². The fourth-order valence-corrected chi connectivity index (χ4v) is 1.20. The van der Waals surface area contributed by atoms with E-state index < -0.39 is 0 Å². The second-order valence-electron chi connectivity index (χ2n) is 3.22. The number of rotatable bonds is 2. The van der Waals surface area contributed by atoms with Gasteiger partial charge in [-0.1, -0.05) is 0 Å². The average molecular weight is 181 g/mol. The van der Waals surface area contributed by atoms with Crippen molar-refractivity contribution in [3.8, 4) is 0 Å². The van der Waals surface area contributed by atoms with E-state index in [9.17, 15) is 4.79 Å². The molecule has 1 aliphatic rings. The monoisotopic (exact) mass is 181 g/mol. The summed E-state index contributed by atoms with van der Waals surface area (Å²) >= 11 is 0. The van der Waals surface area contributed by atoms with Gasteiger partial charge in [0, 0.05) is 0 Å². The van der Waals surface area contributed by atoms with E-state index in [-0.39, 0.29) is 12.1 Å². The number of carbonyl (C=O) groups excluding carboxylic acids is 1. The molecule has 13 heavy (non-hydrogen) atoms. The highest BCUT2D eigenvalue weighted by Gasteiger charge is 2.24. The second-order valence-corrected chi connectivity index (χ2v) is 3.22. The molecule has 0 saturated heterocycles. The van der Waals surface area contributed by atoms with Gasteiger partial charge in [-0.05, 0) is 26.2 Å². The summed E-state index contributed by atoms with van der Waals surface area (Å²) in [5.41, 5.74) is 0.298. The number of aromatic nitrogens is 1. The Bertz CT molecular complexity index is 314. The average Bonchev–Trinajstić information content (AvgIpc) is 2.43. The van der Waals surface area contributed by atoms with Crippen molar-refractivity contribution in [3.63, 3.8) is 0 Å². The van der Waals surface area contributed by atoms with Gasteiger partial charge in [0.1, 0.15) is 11.9 Å². The third-order valence-electron chi connectivity index (χ3n) is 2.26. The van der Waals surface area contributed by atoms with E-state index in [1.165, 1.54) is 6.39 Å². The zero-order valence-electron chi connectivity index (χ0n) is 7.45. The molecule has 1 fully saturated rings. The molecule has 0 unspecified atom stereocenters. The minimum Gasteiger partial charge on any atom is -0.458 e. The maximum atomic E-state index is 11.4. The van der Waals surface area contributed by atoms with Crippen LogP contribution in [0.2, 0.25) is 0 Å². The van der Waals surface area contributed by atoms with Gasteiger partial charge in [-0.15, -0.1) is 0 Å². The van der Waals surface area contributed by atoms with Gasteiger partial charge in [-0.25, -0.2) is 9.78 Å². The molecule has 1 aromatic rings. The molecule has 1 heterocycles. The maximum absolute atomic E-state index is 11.4. The fraction of sp³-hybridized carbons (Fsp3) is 0.556. The lowest BCUT2D eigenvalue weighted by atomic mass is 9.96. The Labute approximate surface area is 75.9 Å². The lowest BCUT2D eigenvalue weighted by Gasteiger charge is -2.24. The quantitative estimate of drug-likeness (QED) is 0.651. The van der Waals surface area contributed by atoms with Crippen LogP contribution < -0.4 is 0 Å². The van der Waals surface area contributed by atoms with Crippen molar-refractivity contribution in [1.82, 2.24) is 4.98 Å². The van der Waals surface area contributed by atoms with Crippen LogP contribution in [0, 0.1) is 6.92 Å². The van der Waals surface area contributed by atoms with Gasteiger partial charge in [0.25, 0.3) is 0 Å². The molecule has 1 aromatic heterocycles. The summed E-state index contributed by atoms with van der Waals surface area (Å²) in [4.78, 5) is 15.2. The first kappa shape index (κ1) is 8.29.